The van der Waals surface area contributed by atoms with E-state index in [2.05, 4.69) is 0 Å². The minimum Gasteiger partial charge on any atom is -0.288 e. The zero-order valence-electron chi connectivity index (χ0n) is 9.49. The topological polar surface area (TPSA) is 3.24 Å². The maximum atomic E-state index is 12.3. The van der Waals surface area contributed by atoms with Crippen molar-refractivity contribution in [3.05, 3.63) is 0 Å². The van der Waals surface area contributed by atoms with Crippen molar-refractivity contribution >= 4 is 0 Å². The highest BCUT2D eigenvalue weighted by molar-refractivity contribution is 4.86. The van der Waals surface area contributed by atoms with Crippen LogP contribution in [0.4, 0.5) is 8.78 Å². The summed E-state index contributed by atoms with van der Waals surface area (Å²) in [6, 6.07) is 0. The number of hydrogen-bond acceptors (Lipinski definition) is 1. The third-order valence-corrected chi connectivity index (χ3v) is 1.94. The van der Waals surface area contributed by atoms with E-state index in [1.54, 1.807) is 0 Å². The molecular formula is C10H21F2N. The van der Waals surface area contributed by atoms with Gasteiger partial charge >= 0.3 is 0 Å². The largest absolute Gasteiger partial charge is 0.288 e. The lowest BCUT2D eigenvalue weighted by Gasteiger charge is -2.45. The first kappa shape index (κ1) is 12.8. The van der Waals surface area contributed by atoms with Crippen LogP contribution in [0.15, 0.2) is 0 Å². The Morgan fingerprint density at radius 1 is 0.923 bits per heavy atom. The molecule has 0 heterocycles. The molecule has 0 aromatic carbocycles. The van der Waals surface area contributed by atoms with Crippen molar-refractivity contribution in [1.82, 2.24) is 4.90 Å². The molecule has 0 bridgehead atoms. The Morgan fingerprint density at radius 2 is 1.23 bits per heavy atom. The molecule has 0 aromatic rings. The van der Waals surface area contributed by atoms with E-state index in [4.69, 9.17) is 0 Å². The van der Waals surface area contributed by atoms with Crippen LogP contribution in [0.3, 0.4) is 0 Å². The molecule has 0 saturated carbocycles. The van der Waals surface area contributed by atoms with Gasteiger partial charge in [-0.15, -0.1) is 0 Å². The van der Waals surface area contributed by atoms with Gasteiger partial charge in [0.2, 0.25) is 0 Å². The zero-order valence-corrected chi connectivity index (χ0v) is 9.49. The predicted molar refractivity (Wildman–Crippen MR) is 52.2 cm³/mol. The van der Waals surface area contributed by atoms with Crippen molar-refractivity contribution in [3.63, 3.8) is 0 Å². The standard InChI is InChI=1S/C10H21F2N/c1-9(2,3)13(7-8(11)12)10(4,5)6/h8H,7H2,1-6H3. The van der Waals surface area contributed by atoms with Crippen LogP contribution in [0.5, 0.6) is 0 Å². The van der Waals surface area contributed by atoms with Crippen molar-refractivity contribution in [1.29, 1.82) is 0 Å². The van der Waals surface area contributed by atoms with Crippen molar-refractivity contribution in [2.75, 3.05) is 6.54 Å². The fourth-order valence-corrected chi connectivity index (χ4v) is 1.69. The molecule has 0 spiro atoms. The van der Waals surface area contributed by atoms with Crippen LogP contribution in [0.2, 0.25) is 0 Å². The molecule has 0 radical (unpaired) electrons. The van der Waals surface area contributed by atoms with Gasteiger partial charge in [0, 0.05) is 11.1 Å². The maximum absolute atomic E-state index is 12.3. The Bertz CT molecular complexity index is 139. The molecule has 0 aliphatic rings. The lowest BCUT2D eigenvalue weighted by atomic mass is 9.96. The third-order valence-electron chi connectivity index (χ3n) is 1.94. The Balaban J connectivity index is 4.58. The van der Waals surface area contributed by atoms with Gasteiger partial charge in [-0.3, -0.25) is 4.90 Å². The second kappa shape index (κ2) is 3.91. The number of nitrogens with zero attached hydrogens (tertiary/aromatic N) is 1. The fraction of sp³-hybridized carbons (Fsp3) is 1.00. The molecule has 0 atom stereocenters. The molecule has 80 valence electrons. The first-order chi connectivity index (χ1) is 5.55. The van der Waals surface area contributed by atoms with Crippen molar-refractivity contribution < 1.29 is 8.78 Å². The van der Waals surface area contributed by atoms with E-state index in [1.165, 1.54) is 0 Å². The summed E-state index contributed by atoms with van der Waals surface area (Å²) in [7, 11) is 0. The first-order valence-corrected chi connectivity index (χ1v) is 4.61. The van der Waals surface area contributed by atoms with Gasteiger partial charge < -0.3 is 0 Å². The molecule has 0 rings (SSSR count). The Kier molecular flexibility index (Phi) is 3.85. The van der Waals surface area contributed by atoms with Gasteiger partial charge in [-0.25, -0.2) is 8.78 Å². The summed E-state index contributed by atoms with van der Waals surface area (Å²) in [4.78, 5) is 1.82. The molecule has 13 heavy (non-hydrogen) atoms. The molecule has 0 aliphatic heterocycles. The lowest BCUT2D eigenvalue weighted by molar-refractivity contribution is -0.0167. The lowest BCUT2D eigenvalue weighted by Crippen LogP contribution is -2.54. The molecule has 0 N–H and O–H groups in total. The summed E-state index contributed by atoms with van der Waals surface area (Å²) in [5, 5.41) is 0. The minimum absolute atomic E-state index is 0.160. The van der Waals surface area contributed by atoms with Crippen molar-refractivity contribution in [2.24, 2.45) is 0 Å². The minimum atomic E-state index is -2.27. The summed E-state index contributed by atoms with van der Waals surface area (Å²) in [6.45, 7) is 11.6. The van der Waals surface area contributed by atoms with Crippen molar-refractivity contribution in [2.45, 2.75) is 59.0 Å². The fourth-order valence-electron chi connectivity index (χ4n) is 1.69. The van der Waals surface area contributed by atoms with Crippen LogP contribution in [-0.2, 0) is 0 Å². The van der Waals surface area contributed by atoms with E-state index in [9.17, 15) is 8.78 Å². The summed E-state index contributed by atoms with van der Waals surface area (Å²) in [5.74, 6) is 0. The third kappa shape index (κ3) is 4.55. The average molecular weight is 193 g/mol. The predicted octanol–water partition coefficient (Wildman–Crippen LogP) is 3.15. The van der Waals surface area contributed by atoms with Gasteiger partial charge in [-0.1, -0.05) is 0 Å². The number of halogens is 2. The Labute approximate surface area is 80.1 Å². The van der Waals surface area contributed by atoms with E-state index in [1.807, 2.05) is 46.4 Å². The quantitative estimate of drug-likeness (QED) is 0.651. The normalized spacial score (nSPS) is 14.3. The Hall–Kier alpha value is -0.180. The highest BCUT2D eigenvalue weighted by atomic mass is 19.3. The molecule has 1 nitrogen and oxygen atoms in total. The van der Waals surface area contributed by atoms with E-state index < -0.39 is 6.43 Å². The molecular weight excluding hydrogens is 172 g/mol. The molecule has 0 aliphatic carbocycles. The number of hydrogen-bond donors (Lipinski definition) is 0. The summed E-state index contributed by atoms with van der Waals surface area (Å²) in [5.41, 5.74) is -0.427. The Morgan fingerprint density at radius 3 is 1.31 bits per heavy atom. The van der Waals surface area contributed by atoms with Gasteiger partial charge in [-0.2, -0.15) is 0 Å². The van der Waals surface area contributed by atoms with E-state index in [-0.39, 0.29) is 17.6 Å². The molecule has 0 amide bonds. The van der Waals surface area contributed by atoms with Crippen LogP contribution in [-0.4, -0.2) is 28.9 Å². The molecule has 0 fully saturated rings. The maximum Gasteiger partial charge on any atom is 0.251 e. The number of rotatable bonds is 2. The van der Waals surface area contributed by atoms with Gasteiger partial charge in [0.15, 0.2) is 0 Å². The van der Waals surface area contributed by atoms with Crippen molar-refractivity contribution in [3.8, 4) is 0 Å². The monoisotopic (exact) mass is 193 g/mol. The SMILES string of the molecule is CC(C)(C)N(CC(F)F)C(C)(C)C. The van der Waals surface area contributed by atoms with Crippen LogP contribution in [0.25, 0.3) is 0 Å². The van der Waals surface area contributed by atoms with Crippen LogP contribution in [0, 0.1) is 0 Å². The van der Waals surface area contributed by atoms with Gasteiger partial charge in [0.25, 0.3) is 6.43 Å². The van der Waals surface area contributed by atoms with E-state index in [0.717, 1.165) is 0 Å². The second-order valence-corrected chi connectivity index (χ2v) is 5.34. The summed E-state index contributed by atoms with van der Waals surface area (Å²) >= 11 is 0. The molecule has 0 saturated heterocycles. The first-order valence-electron chi connectivity index (χ1n) is 4.61. The summed E-state index contributed by atoms with van der Waals surface area (Å²) < 4.78 is 24.6. The summed E-state index contributed by atoms with van der Waals surface area (Å²) in [6.07, 6.45) is -2.27. The molecule has 0 aromatic heterocycles. The second-order valence-electron chi connectivity index (χ2n) is 5.34. The van der Waals surface area contributed by atoms with E-state index in [0.29, 0.717) is 0 Å². The average Bonchev–Trinajstić information content (AvgIpc) is 1.77. The van der Waals surface area contributed by atoms with Crippen LogP contribution >= 0.6 is 0 Å². The van der Waals surface area contributed by atoms with Crippen LogP contribution < -0.4 is 0 Å². The van der Waals surface area contributed by atoms with Gasteiger partial charge in [0.1, 0.15) is 0 Å². The van der Waals surface area contributed by atoms with Crippen LogP contribution in [0.1, 0.15) is 41.5 Å². The highest BCUT2D eigenvalue weighted by Crippen LogP contribution is 2.25. The highest BCUT2D eigenvalue weighted by Gasteiger charge is 2.33. The smallest absolute Gasteiger partial charge is 0.251 e. The molecule has 0 unspecified atom stereocenters. The van der Waals surface area contributed by atoms with E-state index >= 15 is 0 Å². The number of alkyl halides is 2. The molecule has 3 heteroatoms. The van der Waals surface area contributed by atoms with Gasteiger partial charge in [-0.05, 0) is 41.5 Å². The van der Waals surface area contributed by atoms with Gasteiger partial charge in [0.05, 0.1) is 6.54 Å². The zero-order chi connectivity index (χ0) is 10.9.